The van der Waals surface area contributed by atoms with E-state index in [-0.39, 0.29) is 24.2 Å². The summed E-state index contributed by atoms with van der Waals surface area (Å²) in [6.07, 6.45) is 0.447. The van der Waals surface area contributed by atoms with Crippen molar-refractivity contribution in [3.05, 3.63) is 53.8 Å². The van der Waals surface area contributed by atoms with Gasteiger partial charge in [0.05, 0.1) is 0 Å². The zero-order chi connectivity index (χ0) is 18.8. The van der Waals surface area contributed by atoms with Crippen molar-refractivity contribution in [3.8, 4) is 11.5 Å². The summed E-state index contributed by atoms with van der Waals surface area (Å²) in [5.74, 6) is -0.335. The van der Waals surface area contributed by atoms with E-state index in [1.54, 1.807) is 35.2 Å². The second-order valence-electron chi connectivity index (χ2n) is 6.50. The summed E-state index contributed by atoms with van der Waals surface area (Å²) in [6, 6.07) is 11.2. The van der Waals surface area contributed by atoms with Crippen molar-refractivity contribution >= 4 is 17.5 Å². The molecule has 1 N–H and O–H groups in total. The van der Waals surface area contributed by atoms with Crippen LogP contribution in [0.5, 0.6) is 11.5 Å². The number of nitrogens with zero attached hydrogens (tertiary/aromatic N) is 1. The van der Waals surface area contributed by atoms with Crippen LogP contribution in [0.25, 0.3) is 0 Å². The quantitative estimate of drug-likeness (QED) is 0.839. The summed E-state index contributed by atoms with van der Waals surface area (Å²) < 4.78 is 24.0. The van der Waals surface area contributed by atoms with Crippen LogP contribution in [0.3, 0.4) is 0 Å². The molecule has 1 fully saturated rings. The van der Waals surface area contributed by atoms with Gasteiger partial charge in [0, 0.05) is 24.8 Å². The third-order valence-corrected chi connectivity index (χ3v) is 4.74. The topological polar surface area (TPSA) is 67.9 Å². The molecule has 2 aromatic rings. The van der Waals surface area contributed by atoms with Crippen molar-refractivity contribution in [2.45, 2.75) is 13.0 Å². The lowest BCUT2D eigenvalue weighted by Crippen LogP contribution is -2.36. The molecule has 0 aromatic heterocycles. The highest BCUT2D eigenvalue weighted by atomic mass is 19.1. The molecule has 4 rings (SSSR count). The van der Waals surface area contributed by atoms with Crippen LogP contribution in [0.2, 0.25) is 0 Å². The van der Waals surface area contributed by atoms with Crippen LogP contribution in [-0.4, -0.2) is 31.6 Å². The molecule has 7 heteroatoms. The first-order valence-corrected chi connectivity index (χ1v) is 8.85. The summed E-state index contributed by atoms with van der Waals surface area (Å²) >= 11 is 0. The highest BCUT2D eigenvalue weighted by molar-refractivity contribution is 6.09. The fraction of sp³-hybridized carbons (Fsp3) is 0.300. The molecular weight excluding hydrogens is 351 g/mol. The Morgan fingerprint density at radius 3 is 2.63 bits per heavy atom. The molecule has 0 radical (unpaired) electrons. The van der Waals surface area contributed by atoms with Crippen molar-refractivity contribution in [2.24, 2.45) is 5.92 Å². The van der Waals surface area contributed by atoms with E-state index in [9.17, 15) is 14.0 Å². The van der Waals surface area contributed by atoms with Crippen LogP contribution in [0, 0.1) is 11.7 Å². The van der Waals surface area contributed by atoms with E-state index in [1.807, 2.05) is 0 Å². The Bertz CT molecular complexity index is 869. The Morgan fingerprint density at radius 2 is 1.85 bits per heavy atom. The lowest BCUT2D eigenvalue weighted by molar-refractivity contribution is -0.132. The molecule has 0 bridgehead atoms. The maximum atomic E-state index is 12.9. The van der Waals surface area contributed by atoms with Gasteiger partial charge in [0.15, 0.2) is 11.5 Å². The molecule has 0 spiro atoms. The Morgan fingerprint density at radius 1 is 1.11 bits per heavy atom. The van der Waals surface area contributed by atoms with E-state index in [2.05, 4.69) is 5.32 Å². The predicted molar refractivity (Wildman–Crippen MR) is 96.1 cm³/mol. The number of hydrogen-bond acceptors (Lipinski definition) is 4. The molecule has 27 heavy (non-hydrogen) atoms. The Kier molecular flexibility index (Phi) is 4.66. The highest BCUT2D eigenvalue weighted by Gasteiger charge is 2.37. The minimum absolute atomic E-state index is 0.233. The normalized spacial score (nSPS) is 18.5. The number of carbonyl (C=O) groups is 2. The number of nitrogens with one attached hydrogen (secondary N) is 1. The Balaban J connectivity index is 1.40. The van der Waals surface area contributed by atoms with Crippen molar-refractivity contribution in [1.29, 1.82) is 0 Å². The average molecular weight is 370 g/mol. The monoisotopic (exact) mass is 370 g/mol. The number of benzene rings is 2. The van der Waals surface area contributed by atoms with Crippen molar-refractivity contribution in [2.75, 3.05) is 24.7 Å². The first kappa shape index (κ1) is 17.3. The average Bonchev–Trinajstić information content (AvgIpc) is 3.08. The fourth-order valence-corrected chi connectivity index (χ4v) is 3.29. The van der Waals surface area contributed by atoms with E-state index >= 15 is 0 Å². The summed E-state index contributed by atoms with van der Waals surface area (Å²) in [7, 11) is 0. The van der Waals surface area contributed by atoms with Gasteiger partial charge in [-0.3, -0.25) is 9.59 Å². The van der Waals surface area contributed by atoms with E-state index in [4.69, 9.17) is 9.47 Å². The molecule has 140 valence electrons. The van der Waals surface area contributed by atoms with Gasteiger partial charge in [-0.15, -0.1) is 0 Å². The third kappa shape index (κ3) is 3.58. The smallest absolute Gasteiger partial charge is 0.239 e. The first-order chi connectivity index (χ1) is 13.1. The van der Waals surface area contributed by atoms with Crippen LogP contribution in [0.1, 0.15) is 12.0 Å². The number of hydrogen-bond donors (Lipinski definition) is 1. The predicted octanol–water partition coefficient (Wildman–Crippen LogP) is 2.27. The third-order valence-electron chi connectivity index (χ3n) is 4.74. The van der Waals surface area contributed by atoms with E-state index in [0.717, 1.165) is 5.56 Å². The van der Waals surface area contributed by atoms with Crippen molar-refractivity contribution in [3.63, 3.8) is 0 Å². The second-order valence-corrected chi connectivity index (χ2v) is 6.50. The molecular formula is C20H19FN2O4. The van der Waals surface area contributed by atoms with E-state index in [1.165, 1.54) is 12.1 Å². The van der Waals surface area contributed by atoms with Crippen LogP contribution >= 0.6 is 0 Å². The van der Waals surface area contributed by atoms with Gasteiger partial charge < -0.3 is 19.7 Å². The second kappa shape index (κ2) is 7.26. The van der Waals surface area contributed by atoms with Gasteiger partial charge in [-0.1, -0.05) is 12.1 Å². The van der Waals surface area contributed by atoms with Gasteiger partial charge in [-0.05, 0) is 36.2 Å². The molecule has 2 aliphatic heterocycles. The Hall–Kier alpha value is -3.09. The molecule has 2 aromatic carbocycles. The molecule has 1 atom stereocenters. The number of anilines is 1. The largest absolute Gasteiger partial charge is 0.486 e. The lowest BCUT2D eigenvalue weighted by Gasteiger charge is -2.22. The standard InChI is InChI=1S/C20H19FN2O4/c21-14-3-1-13(2-4-14)12-22-19(24)16-7-8-23(20(16)25)15-5-6-17-18(11-15)27-10-9-26-17/h1-6,11,16H,7-10,12H2,(H,22,24). The summed E-state index contributed by atoms with van der Waals surface area (Å²) in [5.41, 5.74) is 1.47. The molecule has 1 unspecified atom stereocenters. The van der Waals surface area contributed by atoms with Crippen molar-refractivity contribution in [1.82, 2.24) is 5.32 Å². The number of halogens is 1. The molecule has 0 aliphatic carbocycles. The van der Waals surface area contributed by atoms with Crippen LogP contribution in [0.15, 0.2) is 42.5 Å². The Labute approximate surface area is 155 Å². The fourth-order valence-electron chi connectivity index (χ4n) is 3.29. The first-order valence-electron chi connectivity index (χ1n) is 8.85. The van der Waals surface area contributed by atoms with Gasteiger partial charge >= 0.3 is 0 Å². The number of fused-ring (bicyclic) bond motifs is 1. The molecule has 2 amide bonds. The van der Waals surface area contributed by atoms with Gasteiger partial charge in [-0.2, -0.15) is 0 Å². The summed E-state index contributed by atoms with van der Waals surface area (Å²) in [5, 5.41) is 2.76. The number of carbonyl (C=O) groups excluding carboxylic acids is 2. The lowest BCUT2D eigenvalue weighted by atomic mass is 10.1. The summed E-state index contributed by atoms with van der Waals surface area (Å²) in [6.45, 7) is 1.70. The van der Waals surface area contributed by atoms with E-state index < -0.39 is 5.92 Å². The van der Waals surface area contributed by atoms with Gasteiger partial charge in [0.1, 0.15) is 24.9 Å². The number of amides is 2. The highest BCUT2D eigenvalue weighted by Crippen LogP contribution is 2.36. The van der Waals surface area contributed by atoms with Gasteiger partial charge in [0.25, 0.3) is 0 Å². The molecule has 2 heterocycles. The molecule has 6 nitrogen and oxygen atoms in total. The minimum atomic E-state index is -0.723. The van der Waals surface area contributed by atoms with Crippen LogP contribution in [-0.2, 0) is 16.1 Å². The van der Waals surface area contributed by atoms with Gasteiger partial charge in [0.2, 0.25) is 11.8 Å². The minimum Gasteiger partial charge on any atom is -0.486 e. The van der Waals surface area contributed by atoms with Gasteiger partial charge in [-0.25, -0.2) is 4.39 Å². The maximum absolute atomic E-state index is 12.9. The number of ether oxygens (including phenoxy) is 2. The van der Waals surface area contributed by atoms with Crippen LogP contribution < -0.4 is 19.7 Å². The molecule has 2 aliphatic rings. The zero-order valence-corrected chi connectivity index (χ0v) is 14.6. The zero-order valence-electron chi connectivity index (χ0n) is 14.6. The van der Waals surface area contributed by atoms with Crippen molar-refractivity contribution < 1.29 is 23.5 Å². The maximum Gasteiger partial charge on any atom is 0.239 e. The SMILES string of the molecule is O=C(NCc1ccc(F)cc1)C1CCN(c2ccc3c(c2)OCCO3)C1=O. The molecule has 1 saturated heterocycles. The van der Waals surface area contributed by atoms with E-state index in [0.29, 0.717) is 43.4 Å². The molecule has 0 saturated carbocycles. The summed E-state index contributed by atoms with van der Waals surface area (Å²) in [4.78, 5) is 26.7. The van der Waals surface area contributed by atoms with Crippen LogP contribution in [0.4, 0.5) is 10.1 Å². The number of rotatable bonds is 4.